The van der Waals surface area contributed by atoms with Crippen molar-refractivity contribution in [2.24, 2.45) is 0 Å². The third-order valence-corrected chi connectivity index (χ3v) is 3.05. The van der Waals surface area contributed by atoms with Crippen LogP contribution in [-0.4, -0.2) is 25.7 Å². The second kappa shape index (κ2) is 8.53. The molecule has 0 aliphatic rings. The highest BCUT2D eigenvalue weighted by molar-refractivity contribution is 5.88. The predicted octanol–water partition coefficient (Wildman–Crippen LogP) is 2.70. The number of nitrogens with one attached hydrogen (secondary N) is 1. The maximum Gasteiger partial charge on any atom is 0.333 e. The second-order valence-corrected chi connectivity index (χ2v) is 4.50. The van der Waals surface area contributed by atoms with Crippen LogP contribution in [0.25, 0.3) is 0 Å². The molecule has 0 aliphatic heterocycles. The number of methoxy groups -OCH3 is 1. The Bertz CT molecular complexity index is 396. The molecular formula is C15H23NO3. The molecule has 0 amide bonds. The van der Waals surface area contributed by atoms with E-state index >= 15 is 0 Å². The van der Waals surface area contributed by atoms with E-state index < -0.39 is 0 Å². The van der Waals surface area contributed by atoms with Crippen LogP contribution < -0.4 is 5.32 Å². The summed E-state index contributed by atoms with van der Waals surface area (Å²) in [6, 6.07) is 4.26. The summed E-state index contributed by atoms with van der Waals surface area (Å²) in [5, 5.41) is 3.36. The molecule has 0 bridgehead atoms. The quantitative estimate of drug-likeness (QED) is 0.580. The van der Waals surface area contributed by atoms with E-state index in [2.05, 4.69) is 12.2 Å². The van der Waals surface area contributed by atoms with Crippen LogP contribution in [-0.2, 0) is 16.0 Å². The molecular weight excluding hydrogens is 242 g/mol. The number of carbonyl (C=O) groups excluding carboxylic acids is 1. The maximum absolute atomic E-state index is 11.4. The van der Waals surface area contributed by atoms with Gasteiger partial charge < -0.3 is 14.5 Å². The first-order chi connectivity index (χ1) is 9.17. The zero-order chi connectivity index (χ0) is 14.1. The molecule has 1 N–H and O–H groups in total. The number of aryl methyl sites for hydroxylation is 1. The van der Waals surface area contributed by atoms with Gasteiger partial charge in [0.1, 0.15) is 5.76 Å². The Hall–Kier alpha value is -1.55. The standard InChI is InChI=1S/C15H23NO3/c1-4-13(15(17)18-3)9-10-16-12(2)7-8-14-6-5-11-19-14/h5-6,9,11-12,16H,4,7-8,10H2,1-3H3/b13-9-. The van der Waals surface area contributed by atoms with Gasteiger partial charge in [-0.15, -0.1) is 0 Å². The van der Waals surface area contributed by atoms with Crippen LogP contribution in [0.5, 0.6) is 0 Å². The highest BCUT2D eigenvalue weighted by atomic mass is 16.5. The monoisotopic (exact) mass is 265 g/mol. The molecule has 0 aliphatic carbocycles. The van der Waals surface area contributed by atoms with Crippen molar-refractivity contribution >= 4 is 5.97 Å². The van der Waals surface area contributed by atoms with Crippen molar-refractivity contribution < 1.29 is 13.9 Å². The van der Waals surface area contributed by atoms with Crippen molar-refractivity contribution in [3.8, 4) is 0 Å². The van der Waals surface area contributed by atoms with Crippen molar-refractivity contribution in [1.82, 2.24) is 5.32 Å². The smallest absolute Gasteiger partial charge is 0.333 e. The number of hydrogen-bond acceptors (Lipinski definition) is 4. The summed E-state index contributed by atoms with van der Waals surface area (Å²) < 4.78 is 10.00. The van der Waals surface area contributed by atoms with Crippen molar-refractivity contribution in [1.29, 1.82) is 0 Å². The first kappa shape index (κ1) is 15.5. The van der Waals surface area contributed by atoms with Gasteiger partial charge in [0, 0.05) is 24.6 Å². The van der Waals surface area contributed by atoms with Crippen LogP contribution in [0.2, 0.25) is 0 Å². The van der Waals surface area contributed by atoms with Gasteiger partial charge in [-0.25, -0.2) is 4.79 Å². The van der Waals surface area contributed by atoms with Gasteiger partial charge in [0.2, 0.25) is 0 Å². The lowest BCUT2D eigenvalue weighted by Gasteiger charge is -2.11. The minimum atomic E-state index is -0.243. The van der Waals surface area contributed by atoms with E-state index in [-0.39, 0.29) is 5.97 Å². The van der Waals surface area contributed by atoms with Gasteiger partial charge in [-0.05, 0) is 31.9 Å². The van der Waals surface area contributed by atoms with Gasteiger partial charge in [-0.1, -0.05) is 13.0 Å². The molecule has 0 fully saturated rings. The third kappa shape index (κ3) is 5.75. The molecule has 4 heteroatoms. The topological polar surface area (TPSA) is 51.5 Å². The SMILES string of the molecule is CC/C(=C/CNC(C)CCc1ccco1)C(=O)OC. The largest absolute Gasteiger partial charge is 0.469 e. The Morgan fingerprint density at radius 3 is 2.95 bits per heavy atom. The van der Waals surface area contributed by atoms with Crippen molar-refractivity contribution in [3.63, 3.8) is 0 Å². The Kier molecular flexibility index (Phi) is 6.97. The summed E-state index contributed by atoms with van der Waals surface area (Å²) in [4.78, 5) is 11.4. The molecule has 0 spiro atoms. The van der Waals surface area contributed by atoms with Crippen LogP contribution in [0.15, 0.2) is 34.5 Å². The molecule has 1 unspecified atom stereocenters. The number of carbonyl (C=O) groups is 1. The summed E-state index contributed by atoms with van der Waals surface area (Å²) in [5.74, 6) is 0.764. The minimum absolute atomic E-state index is 0.243. The van der Waals surface area contributed by atoms with E-state index in [9.17, 15) is 4.79 Å². The van der Waals surface area contributed by atoms with Crippen molar-refractivity contribution in [3.05, 3.63) is 35.8 Å². The summed E-state index contributed by atoms with van der Waals surface area (Å²) >= 11 is 0. The highest BCUT2D eigenvalue weighted by Crippen LogP contribution is 2.06. The number of furan rings is 1. The number of esters is 1. The van der Waals surface area contributed by atoms with Gasteiger partial charge in [-0.2, -0.15) is 0 Å². The van der Waals surface area contributed by atoms with Crippen LogP contribution in [0, 0.1) is 0 Å². The third-order valence-electron chi connectivity index (χ3n) is 3.05. The fraction of sp³-hybridized carbons (Fsp3) is 0.533. The fourth-order valence-corrected chi connectivity index (χ4v) is 1.80. The Labute approximate surface area is 114 Å². The van der Waals surface area contributed by atoms with E-state index in [1.807, 2.05) is 25.1 Å². The van der Waals surface area contributed by atoms with Gasteiger partial charge in [-0.3, -0.25) is 0 Å². The van der Waals surface area contributed by atoms with Gasteiger partial charge in [0.15, 0.2) is 0 Å². The van der Waals surface area contributed by atoms with E-state index in [0.717, 1.165) is 18.6 Å². The molecule has 0 saturated heterocycles. The van der Waals surface area contributed by atoms with E-state index in [0.29, 0.717) is 24.6 Å². The first-order valence-electron chi connectivity index (χ1n) is 6.70. The van der Waals surface area contributed by atoms with Crippen LogP contribution in [0.1, 0.15) is 32.4 Å². The average molecular weight is 265 g/mol. The van der Waals surface area contributed by atoms with E-state index in [4.69, 9.17) is 9.15 Å². The molecule has 19 heavy (non-hydrogen) atoms. The molecule has 1 aromatic heterocycles. The lowest BCUT2D eigenvalue weighted by molar-refractivity contribution is -0.136. The highest BCUT2D eigenvalue weighted by Gasteiger charge is 2.07. The second-order valence-electron chi connectivity index (χ2n) is 4.50. The predicted molar refractivity (Wildman–Crippen MR) is 74.9 cm³/mol. The van der Waals surface area contributed by atoms with Crippen molar-refractivity contribution in [2.75, 3.05) is 13.7 Å². The number of hydrogen-bond donors (Lipinski definition) is 1. The summed E-state index contributed by atoms with van der Waals surface area (Å²) in [7, 11) is 1.41. The molecule has 0 radical (unpaired) electrons. The lowest BCUT2D eigenvalue weighted by atomic mass is 10.1. The average Bonchev–Trinajstić information content (AvgIpc) is 2.93. The van der Waals surface area contributed by atoms with Gasteiger partial charge in [0.05, 0.1) is 13.4 Å². The van der Waals surface area contributed by atoms with Crippen molar-refractivity contribution in [2.45, 2.75) is 39.2 Å². The molecule has 1 rings (SSSR count). The van der Waals surface area contributed by atoms with Crippen LogP contribution >= 0.6 is 0 Å². The zero-order valence-electron chi connectivity index (χ0n) is 11.9. The molecule has 0 saturated carbocycles. The van der Waals surface area contributed by atoms with Crippen LogP contribution in [0.4, 0.5) is 0 Å². The molecule has 1 heterocycles. The Morgan fingerprint density at radius 1 is 1.58 bits per heavy atom. The fourth-order valence-electron chi connectivity index (χ4n) is 1.80. The Balaban J connectivity index is 2.27. The summed E-state index contributed by atoms with van der Waals surface area (Å²) in [6.45, 7) is 4.75. The van der Waals surface area contributed by atoms with Gasteiger partial charge in [0.25, 0.3) is 0 Å². The number of rotatable bonds is 8. The Morgan fingerprint density at radius 2 is 2.37 bits per heavy atom. The van der Waals surface area contributed by atoms with E-state index in [1.165, 1.54) is 7.11 Å². The summed E-state index contributed by atoms with van der Waals surface area (Å²) in [6.07, 6.45) is 6.20. The molecule has 4 nitrogen and oxygen atoms in total. The minimum Gasteiger partial charge on any atom is -0.469 e. The van der Waals surface area contributed by atoms with Gasteiger partial charge >= 0.3 is 5.97 Å². The molecule has 106 valence electrons. The molecule has 0 aromatic carbocycles. The normalized spacial score (nSPS) is 13.3. The first-order valence-corrected chi connectivity index (χ1v) is 6.70. The molecule has 1 aromatic rings. The van der Waals surface area contributed by atoms with E-state index in [1.54, 1.807) is 6.26 Å². The van der Waals surface area contributed by atoms with Crippen LogP contribution in [0.3, 0.4) is 0 Å². The lowest BCUT2D eigenvalue weighted by Crippen LogP contribution is -2.27. The maximum atomic E-state index is 11.4. The summed E-state index contributed by atoms with van der Waals surface area (Å²) in [5.41, 5.74) is 0.716. The zero-order valence-corrected chi connectivity index (χ0v) is 11.9. The molecule has 1 atom stereocenters. The number of ether oxygens (including phenoxy) is 1.